The molecular weight excluding hydrogens is 432 g/mol. The molecule has 1 aliphatic rings. The Bertz CT molecular complexity index is 1290. The second-order valence-electron chi connectivity index (χ2n) is 7.27. The number of hydrogen-bond acceptors (Lipinski definition) is 5. The highest BCUT2D eigenvalue weighted by molar-refractivity contribution is 6.52. The van der Waals surface area contributed by atoms with Crippen molar-refractivity contribution in [3.05, 3.63) is 110 Å². The van der Waals surface area contributed by atoms with Crippen molar-refractivity contribution < 1.29 is 19.6 Å². The average Bonchev–Trinajstić information content (AvgIpc) is 3.06. The smallest absolute Gasteiger partial charge is 0.300 e. The summed E-state index contributed by atoms with van der Waals surface area (Å²) in [5.41, 5.74) is 1.31. The minimum atomic E-state index is -0.937. The molecule has 1 N–H and O–H groups in total. The number of benzene rings is 3. The van der Waals surface area contributed by atoms with Gasteiger partial charge in [0.15, 0.2) is 0 Å². The predicted octanol–water partition coefficient (Wildman–Crippen LogP) is 5.18. The zero-order chi connectivity index (χ0) is 23.0. The lowest BCUT2D eigenvalue weighted by Gasteiger charge is -2.27. The van der Waals surface area contributed by atoms with Crippen molar-refractivity contribution in [3.63, 3.8) is 0 Å². The topological polar surface area (TPSA) is 101 Å². The maximum atomic E-state index is 13.2. The number of ketones is 1. The molecule has 1 heterocycles. The zero-order valence-corrected chi connectivity index (χ0v) is 17.6. The molecular formula is C24H17ClN2O5. The molecule has 3 aromatic rings. The Hall–Kier alpha value is -3.97. The van der Waals surface area contributed by atoms with E-state index in [9.17, 15) is 24.8 Å². The van der Waals surface area contributed by atoms with Crippen molar-refractivity contribution in [2.24, 2.45) is 0 Å². The predicted molar refractivity (Wildman–Crippen MR) is 121 cm³/mol. The molecule has 1 saturated heterocycles. The Morgan fingerprint density at radius 2 is 1.72 bits per heavy atom. The van der Waals surface area contributed by atoms with E-state index >= 15 is 0 Å². The highest BCUT2D eigenvalue weighted by Gasteiger charge is 2.47. The van der Waals surface area contributed by atoms with Crippen LogP contribution in [0, 0.1) is 17.0 Å². The van der Waals surface area contributed by atoms with E-state index in [1.54, 1.807) is 55.5 Å². The van der Waals surface area contributed by atoms with Crippen LogP contribution in [0.1, 0.15) is 22.7 Å². The first-order chi connectivity index (χ1) is 15.3. The van der Waals surface area contributed by atoms with Crippen LogP contribution in [-0.2, 0) is 9.59 Å². The van der Waals surface area contributed by atoms with Gasteiger partial charge in [0.05, 0.1) is 16.5 Å². The van der Waals surface area contributed by atoms with Gasteiger partial charge in [-0.05, 0) is 30.2 Å². The highest BCUT2D eigenvalue weighted by Crippen LogP contribution is 2.44. The van der Waals surface area contributed by atoms with E-state index in [1.807, 2.05) is 0 Å². The molecule has 160 valence electrons. The van der Waals surface area contributed by atoms with Crippen LogP contribution >= 0.6 is 11.6 Å². The number of Topliss-reactive ketones (excluding diaryl/α,β-unsaturated/α-hetero) is 1. The fraction of sp³-hybridized carbons (Fsp3) is 0.0833. The minimum Gasteiger partial charge on any atom is -0.507 e. The number of nitrogens with zero attached hydrogens (tertiary/aromatic N) is 2. The van der Waals surface area contributed by atoms with Crippen molar-refractivity contribution in [2.45, 2.75) is 13.0 Å². The molecule has 0 radical (unpaired) electrons. The van der Waals surface area contributed by atoms with E-state index in [2.05, 4.69) is 0 Å². The quantitative estimate of drug-likeness (QED) is 0.195. The normalized spacial score (nSPS) is 17.6. The van der Waals surface area contributed by atoms with Gasteiger partial charge in [0, 0.05) is 28.4 Å². The van der Waals surface area contributed by atoms with Crippen LogP contribution in [0.15, 0.2) is 78.4 Å². The minimum absolute atomic E-state index is 0.0703. The van der Waals surface area contributed by atoms with Gasteiger partial charge in [-0.3, -0.25) is 24.6 Å². The lowest BCUT2D eigenvalue weighted by Crippen LogP contribution is -2.30. The van der Waals surface area contributed by atoms with Crippen LogP contribution in [0.25, 0.3) is 5.76 Å². The van der Waals surface area contributed by atoms with Crippen molar-refractivity contribution in [3.8, 4) is 0 Å². The number of nitro groups is 1. The van der Waals surface area contributed by atoms with Crippen LogP contribution in [0.4, 0.5) is 11.4 Å². The Morgan fingerprint density at radius 1 is 1.03 bits per heavy atom. The maximum absolute atomic E-state index is 13.2. The largest absolute Gasteiger partial charge is 0.507 e. The van der Waals surface area contributed by atoms with Gasteiger partial charge in [-0.2, -0.15) is 0 Å². The lowest BCUT2D eigenvalue weighted by molar-refractivity contribution is -0.384. The van der Waals surface area contributed by atoms with E-state index < -0.39 is 28.4 Å². The number of non-ortho nitro benzene ring substituents is 1. The van der Waals surface area contributed by atoms with E-state index in [-0.39, 0.29) is 16.8 Å². The van der Waals surface area contributed by atoms with Crippen LogP contribution in [0.2, 0.25) is 5.02 Å². The number of carbonyl (C=O) groups excluding carboxylic acids is 2. The third-order valence-electron chi connectivity index (χ3n) is 5.39. The van der Waals surface area contributed by atoms with E-state index in [4.69, 9.17) is 11.6 Å². The summed E-state index contributed by atoms with van der Waals surface area (Å²) in [4.78, 5) is 38.2. The van der Waals surface area contributed by atoms with Crippen LogP contribution in [0.3, 0.4) is 0 Å². The Kier molecular flexibility index (Phi) is 5.50. The third kappa shape index (κ3) is 3.52. The third-order valence-corrected chi connectivity index (χ3v) is 5.80. The molecule has 0 aromatic heterocycles. The standard InChI is InChI=1S/C24H17ClN2O5/c1-14-18(25)11-6-12-19(14)26-21(15-7-3-2-4-8-15)20(23(29)24(26)30)22(28)16-9-5-10-17(13-16)27(31)32/h2-13,21,28H,1H3/b22-20+. The number of rotatable bonds is 4. The van der Waals surface area contributed by atoms with E-state index in [0.717, 1.165) is 6.07 Å². The van der Waals surface area contributed by atoms with Gasteiger partial charge in [-0.15, -0.1) is 0 Å². The van der Waals surface area contributed by atoms with Crippen molar-refractivity contribution in [1.82, 2.24) is 0 Å². The Labute approximate surface area is 188 Å². The number of halogens is 1. The molecule has 4 rings (SSSR count). The highest BCUT2D eigenvalue weighted by atomic mass is 35.5. The summed E-state index contributed by atoms with van der Waals surface area (Å²) in [7, 11) is 0. The van der Waals surface area contributed by atoms with Gasteiger partial charge < -0.3 is 5.11 Å². The van der Waals surface area contributed by atoms with Crippen molar-refractivity contribution in [1.29, 1.82) is 0 Å². The summed E-state index contributed by atoms with van der Waals surface area (Å²) in [6.45, 7) is 1.74. The summed E-state index contributed by atoms with van der Waals surface area (Å²) >= 11 is 6.26. The number of aliphatic hydroxyl groups excluding tert-OH is 1. The van der Waals surface area contributed by atoms with Crippen molar-refractivity contribution in [2.75, 3.05) is 4.90 Å². The first-order valence-electron chi connectivity index (χ1n) is 9.67. The Morgan fingerprint density at radius 3 is 2.41 bits per heavy atom. The molecule has 0 spiro atoms. The van der Waals surface area contributed by atoms with Gasteiger partial charge in [-0.1, -0.05) is 60.1 Å². The molecule has 1 fully saturated rings. The number of aliphatic hydroxyl groups is 1. The van der Waals surface area contributed by atoms with E-state index in [0.29, 0.717) is 21.8 Å². The lowest BCUT2D eigenvalue weighted by atomic mass is 9.95. The molecule has 0 aliphatic carbocycles. The number of carbonyl (C=O) groups is 2. The molecule has 7 nitrogen and oxygen atoms in total. The van der Waals surface area contributed by atoms with Crippen LogP contribution in [-0.4, -0.2) is 21.7 Å². The maximum Gasteiger partial charge on any atom is 0.300 e. The summed E-state index contributed by atoms with van der Waals surface area (Å²) in [5.74, 6) is -2.19. The SMILES string of the molecule is Cc1c(Cl)cccc1N1C(=O)C(=O)/C(=C(/O)c2cccc([N+](=O)[O-])c2)C1c1ccccc1. The molecule has 1 amide bonds. The summed E-state index contributed by atoms with van der Waals surface area (Å²) in [6.07, 6.45) is 0. The first-order valence-corrected chi connectivity index (χ1v) is 10.0. The second kappa shape index (κ2) is 8.28. The fourth-order valence-corrected chi connectivity index (χ4v) is 3.98. The second-order valence-corrected chi connectivity index (χ2v) is 7.68. The number of hydrogen-bond donors (Lipinski definition) is 1. The monoisotopic (exact) mass is 448 g/mol. The van der Waals surface area contributed by atoms with Crippen LogP contribution in [0.5, 0.6) is 0 Å². The van der Waals surface area contributed by atoms with Gasteiger partial charge in [0.1, 0.15) is 5.76 Å². The Balaban J connectivity index is 1.98. The van der Waals surface area contributed by atoms with Gasteiger partial charge in [0.25, 0.3) is 17.4 Å². The van der Waals surface area contributed by atoms with Crippen LogP contribution < -0.4 is 4.90 Å². The molecule has 0 bridgehead atoms. The summed E-state index contributed by atoms with van der Waals surface area (Å²) in [6, 6.07) is 18.2. The molecule has 1 unspecified atom stereocenters. The molecule has 1 atom stereocenters. The average molecular weight is 449 g/mol. The number of anilines is 1. The van der Waals surface area contributed by atoms with Gasteiger partial charge in [-0.25, -0.2) is 0 Å². The van der Waals surface area contributed by atoms with E-state index in [1.165, 1.54) is 23.1 Å². The number of amides is 1. The fourth-order valence-electron chi connectivity index (χ4n) is 3.81. The summed E-state index contributed by atoms with van der Waals surface area (Å²) < 4.78 is 0. The molecule has 3 aromatic carbocycles. The number of nitro benzene ring substituents is 1. The van der Waals surface area contributed by atoms with Crippen molar-refractivity contribution >= 4 is 40.4 Å². The molecule has 32 heavy (non-hydrogen) atoms. The van der Waals surface area contributed by atoms with Gasteiger partial charge in [0.2, 0.25) is 0 Å². The molecule has 8 heteroatoms. The molecule has 1 aliphatic heterocycles. The van der Waals surface area contributed by atoms with Gasteiger partial charge >= 0.3 is 0 Å². The summed E-state index contributed by atoms with van der Waals surface area (Å²) in [5, 5.41) is 22.7. The zero-order valence-electron chi connectivity index (χ0n) is 16.9. The first kappa shape index (κ1) is 21.3. The molecule has 0 saturated carbocycles.